The van der Waals surface area contributed by atoms with Gasteiger partial charge in [0, 0.05) is 11.9 Å². The smallest absolute Gasteiger partial charge is 0.257 e. The van der Waals surface area contributed by atoms with E-state index in [1.165, 1.54) is 12.3 Å². The molecule has 1 heterocycles. The maximum Gasteiger partial charge on any atom is 0.257 e. The van der Waals surface area contributed by atoms with Gasteiger partial charge in [0.1, 0.15) is 10.9 Å². The second-order valence-electron chi connectivity index (χ2n) is 3.68. The summed E-state index contributed by atoms with van der Waals surface area (Å²) in [6.45, 7) is 0. The lowest BCUT2D eigenvalue weighted by Gasteiger charge is -2.06. The number of rotatable bonds is 3. The van der Waals surface area contributed by atoms with Gasteiger partial charge < -0.3 is 10.1 Å². The molecular weight excluding hydrogens is 287 g/mol. The highest BCUT2D eigenvalue weighted by Gasteiger charge is 2.09. The first-order chi connectivity index (χ1) is 9.10. The first kappa shape index (κ1) is 13.6. The monoisotopic (exact) mass is 296 g/mol. The number of carbonyl (C=O) groups is 1. The third-order valence-electron chi connectivity index (χ3n) is 2.41. The number of carbonyl (C=O) groups excluding carboxylic acids is 1. The molecular formula is C13H10Cl2N2O2. The summed E-state index contributed by atoms with van der Waals surface area (Å²) < 4.78 is 5.03. The molecule has 1 aromatic carbocycles. The first-order valence-corrected chi connectivity index (χ1v) is 6.12. The molecule has 2 rings (SSSR count). The largest absolute Gasteiger partial charge is 0.497 e. The molecule has 19 heavy (non-hydrogen) atoms. The SMILES string of the molecule is COc1ccc(NC(=O)c2cnc(Cl)c(Cl)c2)cc1. The highest BCUT2D eigenvalue weighted by molar-refractivity contribution is 6.41. The van der Waals surface area contributed by atoms with Crippen molar-refractivity contribution in [2.75, 3.05) is 12.4 Å². The summed E-state index contributed by atoms with van der Waals surface area (Å²) in [5.74, 6) is 0.408. The fraction of sp³-hybridized carbons (Fsp3) is 0.0769. The van der Waals surface area contributed by atoms with Crippen molar-refractivity contribution in [3.8, 4) is 5.75 Å². The number of benzene rings is 1. The minimum absolute atomic E-state index is 0.169. The van der Waals surface area contributed by atoms with Gasteiger partial charge in [0.15, 0.2) is 0 Å². The fourth-order valence-corrected chi connectivity index (χ4v) is 1.69. The zero-order chi connectivity index (χ0) is 13.8. The van der Waals surface area contributed by atoms with Crippen molar-refractivity contribution in [1.29, 1.82) is 0 Å². The predicted octanol–water partition coefficient (Wildman–Crippen LogP) is 3.65. The second kappa shape index (κ2) is 5.91. The summed E-state index contributed by atoms with van der Waals surface area (Å²) in [4.78, 5) is 15.8. The number of aromatic nitrogens is 1. The van der Waals surface area contributed by atoms with Crippen molar-refractivity contribution < 1.29 is 9.53 Å². The van der Waals surface area contributed by atoms with Gasteiger partial charge in [-0.1, -0.05) is 23.2 Å². The summed E-state index contributed by atoms with van der Waals surface area (Å²) in [6.07, 6.45) is 1.37. The Hall–Kier alpha value is -1.78. The standard InChI is InChI=1S/C13H10Cl2N2O2/c1-19-10-4-2-9(3-5-10)17-13(18)8-6-11(14)12(15)16-7-8/h2-7H,1H3,(H,17,18). The summed E-state index contributed by atoms with van der Waals surface area (Å²) >= 11 is 11.5. The molecule has 1 aromatic heterocycles. The number of hydrogen-bond acceptors (Lipinski definition) is 3. The Morgan fingerprint density at radius 2 is 1.95 bits per heavy atom. The van der Waals surface area contributed by atoms with Gasteiger partial charge in [0.05, 0.1) is 17.7 Å². The number of halogens is 2. The zero-order valence-corrected chi connectivity index (χ0v) is 11.5. The number of anilines is 1. The molecule has 0 saturated carbocycles. The number of pyridine rings is 1. The minimum atomic E-state index is -0.309. The minimum Gasteiger partial charge on any atom is -0.497 e. The number of amides is 1. The van der Waals surface area contributed by atoms with Crippen LogP contribution in [0, 0.1) is 0 Å². The lowest BCUT2D eigenvalue weighted by atomic mass is 10.2. The van der Waals surface area contributed by atoms with E-state index in [1.54, 1.807) is 31.4 Å². The summed E-state index contributed by atoms with van der Waals surface area (Å²) in [6, 6.07) is 8.45. The van der Waals surface area contributed by atoms with Crippen LogP contribution in [0.1, 0.15) is 10.4 Å². The molecule has 0 fully saturated rings. The molecule has 4 nitrogen and oxygen atoms in total. The maximum atomic E-state index is 11.9. The molecule has 1 amide bonds. The van der Waals surface area contributed by atoms with Gasteiger partial charge in [0.2, 0.25) is 0 Å². The highest BCUT2D eigenvalue weighted by atomic mass is 35.5. The quantitative estimate of drug-likeness (QED) is 0.880. The van der Waals surface area contributed by atoms with Crippen LogP contribution in [0.2, 0.25) is 10.2 Å². The molecule has 98 valence electrons. The molecule has 0 aliphatic rings. The number of methoxy groups -OCH3 is 1. The van der Waals surface area contributed by atoms with Gasteiger partial charge in [0.25, 0.3) is 5.91 Å². The molecule has 6 heteroatoms. The normalized spacial score (nSPS) is 10.1. The topological polar surface area (TPSA) is 51.2 Å². The van der Waals surface area contributed by atoms with Crippen molar-refractivity contribution in [3.63, 3.8) is 0 Å². The van der Waals surface area contributed by atoms with E-state index in [1.807, 2.05) is 0 Å². The van der Waals surface area contributed by atoms with E-state index in [4.69, 9.17) is 27.9 Å². The van der Waals surface area contributed by atoms with Crippen LogP contribution in [-0.4, -0.2) is 18.0 Å². The molecule has 2 aromatic rings. The maximum absolute atomic E-state index is 11.9. The van der Waals surface area contributed by atoms with Gasteiger partial charge >= 0.3 is 0 Å². The molecule has 0 aliphatic heterocycles. The molecule has 0 unspecified atom stereocenters. The Labute approximate surface area is 120 Å². The van der Waals surface area contributed by atoms with Crippen LogP contribution in [0.5, 0.6) is 5.75 Å². The zero-order valence-electron chi connectivity index (χ0n) is 9.98. The van der Waals surface area contributed by atoms with Crippen molar-refractivity contribution in [2.24, 2.45) is 0 Å². The number of nitrogens with one attached hydrogen (secondary N) is 1. The van der Waals surface area contributed by atoms with E-state index in [9.17, 15) is 4.79 Å². The van der Waals surface area contributed by atoms with Crippen molar-refractivity contribution in [3.05, 3.63) is 52.3 Å². The lowest BCUT2D eigenvalue weighted by Crippen LogP contribution is -2.12. The number of ether oxygens (including phenoxy) is 1. The number of hydrogen-bond donors (Lipinski definition) is 1. The number of nitrogens with zero attached hydrogens (tertiary/aromatic N) is 1. The molecule has 0 aliphatic carbocycles. The molecule has 0 spiro atoms. The van der Waals surface area contributed by atoms with Gasteiger partial charge in [-0.2, -0.15) is 0 Å². The Morgan fingerprint density at radius 3 is 2.53 bits per heavy atom. The van der Waals surface area contributed by atoms with Gasteiger partial charge in [-0.25, -0.2) is 4.98 Å². The van der Waals surface area contributed by atoms with E-state index >= 15 is 0 Å². The lowest BCUT2D eigenvalue weighted by molar-refractivity contribution is 0.102. The van der Waals surface area contributed by atoms with E-state index in [-0.39, 0.29) is 16.1 Å². The van der Waals surface area contributed by atoms with Crippen LogP contribution in [-0.2, 0) is 0 Å². The third-order valence-corrected chi connectivity index (χ3v) is 3.09. The van der Waals surface area contributed by atoms with Crippen molar-refractivity contribution in [1.82, 2.24) is 4.98 Å². The Kier molecular flexibility index (Phi) is 4.24. The van der Waals surface area contributed by atoms with E-state index in [0.717, 1.165) is 0 Å². The van der Waals surface area contributed by atoms with E-state index < -0.39 is 0 Å². The average molecular weight is 297 g/mol. The fourth-order valence-electron chi connectivity index (χ4n) is 1.42. The summed E-state index contributed by atoms with van der Waals surface area (Å²) in [5.41, 5.74) is 0.988. The van der Waals surface area contributed by atoms with Crippen molar-refractivity contribution in [2.45, 2.75) is 0 Å². The first-order valence-electron chi connectivity index (χ1n) is 5.36. The summed E-state index contributed by atoms with van der Waals surface area (Å²) in [7, 11) is 1.58. The molecule has 0 bridgehead atoms. The van der Waals surface area contributed by atoms with Gasteiger partial charge in [-0.15, -0.1) is 0 Å². The van der Waals surface area contributed by atoms with Gasteiger partial charge in [-0.05, 0) is 30.3 Å². The highest BCUT2D eigenvalue weighted by Crippen LogP contribution is 2.21. The van der Waals surface area contributed by atoms with E-state index in [2.05, 4.69) is 10.3 Å². The Bertz CT molecular complexity index is 600. The second-order valence-corrected chi connectivity index (χ2v) is 4.44. The third kappa shape index (κ3) is 3.36. The van der Waals surface area contributed by atoms with Crippen LogP contribution >= 0.6 is 23.2 Å². The molecule has 1 N–H and O–H groups in total. The van der Waals surface area contributed by atoms with Crippen molar-refractivity contribution >= 4 is 34.8 Å². The van der Waals surface area contributed by atoms with Gasteiger partial charge in [-0.3, -0.25) is 4.79 Å². The predicted molar refractivity (Wildman–Crippen MR) is 75.2 cm³/mol. The van der Waals surface area contributed by atoms with Crippen LogP contribution in [0.25, 0.3) is 0 Å². The van der Waals surface area contributed by atoms with Crippen LogP contribution in [0.3, 0.4) is 0 Å². The van der Waals surface area contributed by atoms with Crippen LogP contribution < -0.4 is 10.1 Å². The van der Waals surface area contributed by atoms with Crippen LogP contribution in [0.4, 0.5) is 5.69 Å². The Morgan fingerprint density at radius 1 is 1.26 bits per heavy atom. The summed E-state index contributed by atoms with van der Waals surface area (Å²) in [5, 5.41) is 3.13. The Balaban J connectivity index is 2.13. The van der Waals surface area contributed by atoms with E-state index in [0.29, 0.717) is 17.0 Å². The molecule has 0 radical (unpaired) electrons. The molecule has 0 atom stereocenters. The molecule has 0 saturated heterocycles. The van der Waals surface area contributed by atoms with Crippen LogP contribution in [0.15, 0.2) is 36.5 Å². The average Bonchev–Trinajstić information content (AvgIpc) is 2.42.